The van der Waals surface area contributed by atoms with E-state index in [1.54, 1.807) is 7.11 Å². The van der Waals surface area contributed by atoms with Gasteiger partial charge in [-0.3, -0.25) is 9.89 Å². The molecule has 1 aromatic rings. The Morgan fingerprint density at radius 2 is 1.89 bits per heavy atom. The predicted octanol–water partition coefficient (Wildman–Crippen LogP) is 2.48. The summed E-state index contributed by atoms with van der Waals surface area (Å²) in [6, 6.07) is 9.41. The number of guanidine groups is 1. The van der Waals surface area contributed by atoms with E-state index in [4.69, 9.17) is 9.73 Å². The van der Waals surface area contributed by atoms with Crippen molar-refractivity contribution >= 4 is 5.96 Å². The van der Waals surface area contributed by atoms with Crippen LogP contribution in [0.2, 0.25) is 0 Å². The molecule has 6 nitrogen and oxygen atoms in total. The summed E-state index contributed by atoms with van der Waals surface area (Å²) in [6.45, 7) is 8.24. The van der Waals surface area contributed by atoms with Crippen molar-refractivity contribution in [1.82, 2.24) is 20.4 Å². The molecule has 28 heavy (non-hydrogen) atoms. The van der Waals surface area contributed by atoms with E-state index in [0.717, 1.165) is 44.4 Å². The molecule has 2 fully saturated rings. The summed E-state index contributed by atoms with van der Waals surface area (Å²) in [4.78, 5) is 9.98. The number of hydrogen-bond donors (Lipinski definition) is 2. The molecule has 0 amide bonds. The molecule has 156 valence electrons. The molecule has 0 spiro atoms. The Morgan fingerprint density at radius 3 is 2.50 bits per heavy atom. The number of rotatable bonds is 8. The molecule has 2 unspecified atom stereocenters. The van der Waals surface area contributed by atoms with Gasteiger partial charge in [-0.15, -0.1) is 0 Å². The zero-order valence-corrected chi connectivity index (χ0v) is 17.8. The van der Waals surface area contributed by atoms with Gasteiger partial charge in [0.15, 0.2) is 5.96 Å². The first-order chi connectivity index (χ1) is 13.7. The number of likely N-dealkylation sites (N-methyl/N-ethyl adjacent to an activating group) is 1. The Hall–Kier alpha value is -1.79. The number of nitrogens with one attached hydrogen (secondary N) is 2. The molecular formula is C22H37N5O. The fourth-order valence-electron chi connectivity index (χ4n) is 4.28. The van der Waals surface area contributed by atoms with Crippen molar-refractivity contribution in [1.29, 1.82) is 0 Å². The summed E-state index contributed by atoms with van der Waals surface area (Å²) in [7, 11) is 3.93. The smallest absolute Gasteiger partial charge is 0.191 e. The summed E-state index contributed by atoms with van der Waals surface area (Å²) in [5.41, 5.74) is 1.32. The van der Waals surface area contributed by atoms with Gasteiger partial charge in [0, 0.05) is 19.1 Å². The topological polar surface area (TPSA) is 52.1 Å². The highest BCUT2D eigenvalue weighted by Crippen LogP contribution is 2.27. The zero-order valence-electron chi connectivity index (χ0n) is 17.8. The number of nitrogens with zero attached hydrogens (tertiary/aromatic N) is 3. The number of hydrogen-bond acceptors (Lipinski definition) is 4. The van der Waals surface area contributed by atoms with Gasteiger partial charge in [0.2, 0.25) is 0 Å². The first-order valence-electron chi connectivity index (χ1n) is 10.8. The van der Waals surface area contributed by atoms with Crippen molar-refractivity contribution in [3.63, 3.8) is 0 Å². The van der Waals surface area contributed by atoms with Crippen LogP contribution in [0, 0.1) is 0 Å². The van der Waals surface area contributed by atoms with Gasteiger partial charge in [0.05, 0.1) is 19.7 Å². The largest absolute Gasteiger partial charge is 0.497 e. The Bertz CT molecular complexity index is 612. The Balaban J connectivity index is 1.67. The van der Waals surface area contributed by atoms with Crippen LogP contribution < -0.4 is 15.4 Å². The number of methoxy groups -OCH3 is 1. The van der Waals surface area contributed by atoms with E-state index in [1.807, 2.05) is 0 Å². The normalized spacial score (nSPS) is 22.4. The fourth-order valence-corrected chi connectivity index (χ4v) is 4.28. The lowest BCUT2D eigenvalue weighted by atomic mass is 10.1. The van der Waals surface area contributed by atoms with Crippen molar-refractivity contribution in [3.05, 3.63) is 29.8 Å². The summed E-state index contributed by atoms with van der Waals surface area (Å²) < 4.78 is 5.33. The van der Waals surface area contributed by atoms with E-state index in [1.165, 1.54) is 37.8 Å². The van der Waals surface area contributed by atoms with Gasteiger partial charge >= 0.3 is 0 Å². The van der Waals surface area contributed by atoms with E-state index in [2.05, 4.69) is 58.7 Å². The van der Waals surface area contributed by atoms with Crippen LogP contribution in [0.3, 0.4) is 0 Å². The second kappa shape index (κ2) is 10.7. The molecule has 2 saturated heterocycles. The van der Waals surface area contributed by atoms with Crippen LogP contribution in [0.15, 0.2) is 29.3 Å². The van der Waals surface area contributed by atoms with Crippen LogP contribution in [0.5, 0.6) is 5.75 Å². The average Bonchev–Trinajstić information content (AvgIpc) is 3.39. The van der Waals surface area contributed by atoms with Crippen molar-refractivity contribution in [2.45, 2.75) is 44.7 Å². The van der Waals surface area contributed by atoms with E-state index < -0.39 is 0 Å². The maximum atomic E-state index is 5.33. The predicted molar refractivity (Wildman–Crippen MR) is 116 cm³/mol. The van der Waals surface area contributed by atoms with Gasteiger partial charge in [0.25, 0.3) is 0 Å². The standard InChI is InChI=1S/C22H37N5O/c1-4-23-22(24-16-19-8-7-13-26(19)2)25-17-21(27-14-5-6-15-27)18-9-11-20(28-3)12-10-18/h9-12,19,21H,4-8,13-17H2,1-3H3,(H2,23,24,25). The van der Waals surface area contributed by atoms with Crippen LogP contribution in [0.25, 0.3) is 0 Å². The molecule has 2 aliphatic rings. The maximum Gasteiger partial charge on any atom is 0.191 e. The second-order valence-corrected chi connectivity index (χ2v) is 7.91. The Labute approximate surface area is 170 Å². The third-order valence-electron chi connectivity index (χ3n) is 6.03. The molecule has 3 rings (SSSR count). The highest BCUT2D eigenvalue weighted by molar-refractivity contribution is 5.79. The van der Waals surface area contributed by atoms with Crippen LogP contribution in [0.1, 0.15) is 44.2 Å². The van der Waals surface area contributed by atoms with Gasteiger partial charge in [0.1, 0.15) is 5.75 Å². The molecule has 0 aliphatic carbocycles. The van der Waals surface area contributed by atoms with Crippen LogP contribution in [-0.2, 0) is 0 Å². The average molecular weight is 388 g/mol. The molecule has 2 atom stereocenters. The molecule has 2 heterocycles. The lowest BCUT2D eigenvalue weighted by molar-refractivity contribution is 0.251. The molecular weight excluding hydrogens is 350 g/mol. The van der Waals surface area contributed by atoms with Gasteiger partial charge in [-0.25, -0.2) is 0 Å². The fraction of sp³-hybridized carbons (Fsp3) is 0.682. The molecule has 0 radical (unpaired) electrons. The van der Waals surface area contributed by atoms with Gasteiger partial charge < -0.3 is 20.3 Å². The van der Waals surface area contributed by atoms with Crippen molar-refractivity contribution < 1.29 is 4.74 Å². The van der Waals surface area contributed by atoms with Gasteiger partial charge in [-0.05, 0) is 77.0 Å². The molecule has 6 heteroatoms. The molecule has 0 bridgehead atoms. The van der Waals surface area contributed by atoms with E-state index in [9.17, 15) is 0 Å². The highest BCUT2D eigenvalue weighted by Gasteiger charge is 2.24. The van der Waals surface area contributed by atoms with Crippen molar-refractivity contribution in [3.8, 4) is 5.75 Å². The summed E-state index contributed by atoms with van der Waals surface area (Å²) in [6.07, 6.45) is 5.13. The van der Waals surface area contributed by atoms with Gasteiger partial charge in [-0.1, -0.05) is 12.1 Å². The molecule has 2 aliphatic heterocycles. The molecule has 2 N–H and O–H groups in total. The van der Waals surface area contributed by atoms with Crippen LogP contribution in [-0.4, -0.2) is 75.2 Å². The third kappa shape index (κ3) is 5.61. The monoisotopic (exact) mass is 387 g/mol. The summed E-state index contributed by atoms with van der Waals surface area (Å²) >= 11 is 0. The highest BCUT2D eigenvalue weighted by atomic mass is 16.5. The summed E-state index contributed by atoms with van der Waals surface area (Å²) in [5, 5.41) is 6.99. The number of ether oxygens (including phenoxy) is 1. The molecule has 1 aromatic carbocycles. The first kappa shape index (κ1) is 20.9. The van der Waals surface area contributed by atoms with E-state index in [0.29, 0.717) is 12.1 Å². The van der Waals surface area contributed by atoms with Crippen LogP contribution in [0.4, 0.5) is 0 Å². The third-order valence-corrected chi connectivity index (χ3v) is 6.03. The second-order valence-electron chi connectivity index (χ2n) is 7.91. The molecule has 0 saturated carbocycles. The number of likely N-dealkylation sites (tertiary alicyclic amines) is 2. The van der Waals surface area contributed by atoms with Crippen molar-refractivity contribution in [2.24, 2.45) is 4.99 Å². The zero-order chi connectivity index (χ0) is 19.8. The minimum Gasteiger partial charge on any atom is -0.497 e. The lowest BCUT2D eigenvalue weighted by Crippen LogP contribution is -2.44. The quantitative estimate of drug-likeness (QED) is 0.530. The Morgan fingerprint density at radius 1 is 1.14 bits per heavy atom. The summed E-state index contributed by atoms with van der Waals surface area (Å²) in [5.74, 6) is 1.84. The van der Waals surface area contributed by atoms with Crippen LogP contribution >= 0.6 is 0 Å². The SMILES string of the molecule is CCNC(=NCC(c1ccc(OC)cc1)N1CCCC1)NCC1CCCN1C. The minimum absolute atomic E-state index is 0.318. The molecule has 0 aromatic heterocycles. The maximum absolute atomic E-state index is 5.33. The lowest BCUT2D eigenvalue weighted by Gasteiger charge is -2.27. The number of benzene rings is 1. The number of aliphatic imine (C=N–C) groups is 1. The Kier molecular flexibility index (Phi) is 7.98. The van der Waals surface area contributed by atoms with E-state index >= 15 is 0 Å². The van der Waals surface area contributed by atoms with Gasteiger partial charge in [-0.2, -0.15) is 0 Å². The van der Waals surface area contributed by atoms with Crippen molar-refractivity contribution in [2.75, 3.05) is 53.4 Å². The first-order valence-corrected chi connectivity index (χ1v) is 10.8. The minimum atomic E-state index is 0.318. The van der Waals surface area contributed by atoms with E-state index in [-0.39, 0.29) is 0 Å².